The number of ether oxygens (including phenoxy) is 2. The van der Waals surface area contributed by atoms with E-state index in [-0.39, 0.29) is 0 Å². The third-order valence-electron chi connectivity index (χ3n) is 2.23. The fourth-order valence-corrected chi connectivity index (χ4v) is 1.56. The Morgan fingerprint density at radius 1 is 1.21 bits per heavy atom. The second kappa shape index (κ2) is 3.17. The van der Waals surface area contributed by atoms with Crippen molar-refractivity contribution in [1.29, 1.82) is 0 Å². The van der Waals surface area contributed by atoms with Crippen molar-refractivity contribution in [2.24, 2.45) is 0 Å². The maximum absolute atomic E-state index is 9.91. The maximum atomic E-state index is 9.91. The van der Waals surface area contributed by atoms with Gasteiger partial charge in [0.1, 0.15) is 13.2 Å². The zero-order valence-corrected chi connectivity index (χ0v) is 8.41. The summed E-state index contributed by atoms with van der Waals surface area (Å²) in [6, 6.07) is 5.57. The quantitative estimate of drug-likeness (QED) is 0.739. The van der Waals surface area contributed by atoms with Crippen molar-refractivity contribution in [3.63, 3.8) is 0 Å². The molecule has 14 heavy (non-hydrogen) atoms. The van der Waals surface area contributed by atoms with E-state index in [0.717, 1.165) is 11.3 Å². The van der Waals surface area contributed by atoms with Crippen molar-refractivity contribution in [3.8, 4) is 11.5 Å². The van der Waals surface area contributed by atoms with Crippen LogP contribution < -0.4 is 9.47 Å². The van der Waals surface area contributed by atoms with Gasteiger partial charge in [-0.15, -0.1) is 0 Å². The van der Waals surface area contributed by atoms with E-state index in [2.05, 4.69) is 0 Å². The molecule has 0 spiro atoms. The van der Waals surface area contributed by atoms with Gasteiger partial charge in [0.15, 0.2) is 11.5 Å². The smallest absolute Gasteiger partial charge is 0.167 e. The van der Waals surface area contributed by atoms with E-state index in [4.69, 9.17) is 9.47 Å². The number of hydrogen-bond donors (Lipinski definition) is 1. The Labute approximate surface area is 83.3 Å². The average molecular weight is 194 g/mol. The predicted octanol–water partition coefficient (Wildman–Crippen LogP) is 1.69. The van der Waals surface area contributed by atoms with E-state index in [0.29, 0.717) is 19.0 Å². The normalized spacial score (nSPS) is 15.4. The van der Waals surface area contributed by atoms with E-state index in [1.807, 2.05) is 18.2 Å². The van der Waals surface area contributed by atoms with Gasteiger partial charge in [-0.3, -0.25) is 0 Å². The molecule has 0 fully saturated rings. The van der Waals surface area contributed by atoms with Gasteiger partial charge in [0.05, 0.1) is 5.60 Å². The first kappa shape index (κ1) is 9.34. The molecule has 2 rings (SSSR count). The Balaban J connectivity index is 2.51. The second-order valence-corrected chi connectivity index (χ2v) is 3.89. The third kappa shape index (κ3) is 1.55. The molecule has 0 saturated heterocycles. The van der Waals surface area contributed by atoms with Crippen molar-refractivity contribution < 1.29 is 14.6 Å². The summed E-state index contributed by atoms with van der Waals surface area (Å²) >= 11 is 0. The summed E-state index contributed by atoms with van der Waals surface area (Å²) < 4.78 is 10.9. The first-order valence-electron chi connectivity index (χ1n) is 4.70. The molecule has 3 heteroatoms. The highest BCUT2D eigenvalue weighted by Crippen LogP contribution is 2.38. The van der Waals surface area contributed by atoms with Crippen molar-refractivity contribution in [2.75, 3.05) is 13.2 Å². The molecule has 1 aromatic carbocycles. The molecule has 3 nitrogen and oxygen atoms in total. The van der Waals surface area contributed by atoms with Crippen LogP contribution in [0.3, 0.4) is 0 Å². The molecule has 76 valence electrons. The fraction of sp³-hybridized carbons (Fsp3) is 0.455. The molecule has 0 bridgehead atoms. The van der Waals surface area contributed by atoms with Gasteiger partial charge in [-0.25, -0.2) is 0 Å². The lowest BCUT2D eigenvalue weighted by atomic mass is 9.97. The van der Waals surface area contributed by atoms with Gasteiger partial charge in [0.2, 0.25) is 0 Å². The zero-order valence-electron chi connectivity index (χ0n) is 8.41. The molecule has 0 amide bonds. The van der Waals surface area contributed by atoms with Gasteiger partial charge in [-0.05, 0) is 19.9 Å². The summed E-state index contributed by atoms with van der Waals surface area (Å²) in [6.45, 7) is 4.59. The Morgan fingerprint density at radius 2 is 1.93 bits per heavy atom. The van der Waals surface area contributed by atoms with Gasteiger partial charge in [0.25, 0.3) is 0 Å². The highest BCUT2D eigenvalue weighted by atomic mass is 16.6. The van der Waals surface area contributed by atoms with Crippen LogP contribution in [0.1, 0.15) is 19.4 Å². The van der Waals surface area contributed by atoms with Crippen molar-refractivity contribution >= 4 is 0 Å². The van der Waals surface area contributed by atoms with Gasteiger partial charge in [0, 0.05) is 5.56 Å². The van der Waals surface area contributed by atoms with E-state index >= 15 is 0 Å². The minimum absolute atomic E-state index is 0.542. The lowest BCUT2D eigenvalue weighted by molar-refractivity contribution is 0.0703. The molecule has 1 aliphatic heterocycles. The zero-order chi connectivity index (χ0) is 10.2. The number of hydrogen-bond acceptors (Lipinski definition) is 3. The Bertz CT molecular complexity index is 339. The summed E-state index contributed by atoms with van der Waals surface area (Å²) in [6.07, 6.45) is 0. The molecule has 1 N–H and O–H groups in total. The number of aliphatic hydroxyl groups is 1. The van der Waals surface area contributed by atoms with Crippen LogP contribution in [0.15, 0.2) is 18.2 Å². The molecule has 0 aliphatic carbocycles. The number of benzene rings is 1. The average Bonchev–Trinajstić information content (AvgIpc) is 2.15. The van der Waals surface area contributed by atoms with E-state index in [1.54, 1.807) is 13.8 Å². The highest BCUT2D eigenvalue weighted by Gasteiger charge is 2.25. The summed E-state index contributed by atoms with van der Waals surface area (Å²) in [4.78, 5) is 0. The monoisotopic (exact) mass is 194 g/mol. The highest BCUT2D eigenvalue weighted by molar-refractivity contribution is 5.49. The topological polar surface area (TPSA) is 38.7 Å². The van der Waals surface area contributed by atoms with Crippen LogP contribution in [-0.2, 0) is 5.60 Å². The maximum Gasteiger partial charge on any atom is 0.167 e. The summed E-state index contributed by atoms with van der Waals surface area (Å²) in [5.74, 6) is 1.39. The van der Waals surface area contributed by atoms with Crippen LogP contribution in [0.2, 0.25) is 0 Å². The van der Waals surface area contributed by atoms with E-state index in [9.17, 15) is 5.11 Å². The van der Waals surface area contributed by atoms with E-state index in [1.165, 1.54) is 0 Å². The standard InChI is InChI=1S/C11H14O3/c1-11(2,12)8-4-3-5-9-10(8)14-7-6-13-9/h3-5,12H,6-7H2,1-2H3. The predicted molar refractivity (Wildman–Crippen MR) is 52.7 cm³/mol. The Morgan fingerprint density at radius 3 is 2.64 bits per heavy atom. The largest absolute Gasteiger partial charge is 0.486 e. The fourth-order valence-electron chi connectivity index (χ4n) is 1.56. The van der Waals surface area contributed by atoms with Crippen molar-refractivity contribution in [1.82, 2.24) is 0 Å². The molecule has 0 radical (unpaired) electrons. The van der Waals surface area contributed by atoms with Crippen LogP contribution in [0.25, 0.3) is 0 Å². The Hall–Kier alpha value is -1.22. The summed E-state index contributed by atoms with van der Waals surface area (Å²) in [5.41, 5.74) is -0.124. The van der Waals surface area contributed by atoms with Crippen LogP contribution in [0, 0.1) is 0 Å². The summed E-state index contributed by atoms with van der Waals surface area (Å²) in [5, 5.41) is 9.91. The molecule has 0 atom stereocenters. The first-order valence-corrected chi connectivity index (χ1v) is 4.70. The third-order valence-corrected chi connectivity index (χ3v) is 2.23. The van der Waals surface area contributed by atoms with Crippen molar-refractivity contribution in [2.45, 2.75) is 19.4 Å². The number of fused-ring (bicyclic) bond motifs is 1. The molecule has 1 aliphatic rings. The molecular weight excluding hydrogens is 180 g/mol. The van der Waals surface area contributed by atoms with Crippen LogP contribution >= 0.6 is 0 Å². The molecule has 0 unspecified atom stereocenters. The van der Waals surface area contributed by atoms with Gasteiger partial charge in [-0.1, -0.05) is 12.1 Å². The van der Waals surface area contributed by atoms with Crippen LogP contribution in [-0.4, -0.2) is 18.3 Å². The molecule has 1 aromatic rings. The van der Waals surface area contributed by atoms with Crippen molar-refractivity contribution in [3.05, 3.63) is 23.8 Å². The SMILES string of the molecule is CC(C)(O)c1cccc2c1OCCO2. The van der Waals surface area contributed by atoms with E-state index < -0.39 is 5.60 Å². The molecular formula is C11H14O3. The second-order valence-electron chi connectivity index (χ2n) is 3.89. The minimum Gasteiger partial charge on any atom is -0.486 e. The molecule has 1 heterocycles. The van der Waals surface area contributed by atoms with Crippen LogP contribution in [0.4, 0.5) is 0 Å². The molecule has 0 saturated carbocycles. The number of para-hydroxylation sites is 1. The van der Waals surface area contributed by atoms with Crippen LogP contribution in [0.5, 0.6) is 11.5 Å². The van der Waals surface area contributed by atoms with Gasteiger partial charge < -0.3 is 14.6 Å². The Kier molecular flexibility index (Phi) is 2.11. The summed E-state index contributed by atoms with van der Waals surface area (Å²) in [7, 11) is 0. The molecule has 0 aromatic heterocycles. The minimum atomic E-state index is -0.897. The number of rotatable bonds is 1. The van der Waals surface area contributed by atoms with Gasteiger partial charge >= 0.3 is 0 Å². The van der Waals surface area contributed by atoms with Gasteiger partial charge in [-0.2, -0.15) is 0 Å². The lowest BCUT2D eigenvalue weighted by Gasteiger charge is -2.26. The first-order chi connectivity index (χ1) is 6.59. The lowest BCUT2D eigenvalue weighted by Crippen LogP contribution is -2.22.